The van der Waals surface area contributed by atoms with Gasteiger partial charge in [-0.1, -0.05) is 30.9 Å². The molecule has 1 amide bonds. The summed E-state index contributed by atoms with van der Waals surface area (Å²) in [5.74, 6) is 0.694. The lowest BCUT2D eigenvalue weighted by molar-refractivity contribution is -0.111. The summed E-state index contributed by atoms with van der Waals surface area (Å²) in [7, 11) is 5.46. The molecule has 0 aliphatic heterocycles. The topological polar surface area (TPSA) is 96.3 Å². The first-order chi connectivity index (χ1) is 19.0. The standard InChI is InChI=1S/C30H35N7O2/c1-6-8-16-37-20-22(21-11-9-10-12-26(21)37)23-13-14-32-30(34-23)35-25-18-24(33-29(38)7-2)27(19-28(25)39-5)36(4)17-15-31-3/h6-7,9-14,18-20,31H,1-2,8,15-17H2,3-5H3,(H,33,38)(H,32,34,35). The number of hydrogen-bond donors (Lipinski definition) is 3. The monoisotopic (exact) mass is 525 g/mol. The molecular weight excluding hydrogens is 490 g/mol. The van der Waals surface area contributed by atoms with Crippen LogP contribution in [0.25, 0.3) is 22.2 Å². The molecular formula is C30H35N7O2. The van der Waals surface area contributed by atoms with Crippen LogP contribution in [0.1, 0.15) is 6.42 Å². The highest BCUT2D eigenvalue weighted by molar-refractivity contribution is 6.02. The molecule has 0 aliphatic rings. The van der Waals surface area contributed by atoms with E-state index in [0.29, 0.717) is 23.1 Å². The lowest BCUT2D eigenvalue weighted by Crippen LogP contribution is -2.28. The molecule has 0 saturated carbocycles. The van der Waals surface area contributed by atoms with Crippen molar-refractivity contribution in [2.24, 2.45) is 0 Å². The van der Waals surface area contributed by atoms with E-state index < -0.39 is 0 Å². The Bertz CT molecular complexity index is 1480. The molecule has 3 N–H and O–H groups in total. The Kier molecular flexibility index (Phi) is 8.96. The molecule has 202 valence electrons. The fraction of sp³-hybridized carbons (Fsp3) is 0.233. The van der Waals surface area contributed by atoms with Gasteiger partial charge in [-0.3, -0.25) is 4.79 Å². The van der Waals surface area contributed by atoms with Crippen LogP contribution in [0, 0.1) is 0 Å². The third kappa shape index (κ3) is 6.27. The van der Waals surface area contributed by atoms with E-state index in [1.54, 1.807) is 13.3 Å². The van der Waals surface area contributed by atoms with Gasteiger partial charge in [0.1, 0.15) is 5.75 Å². The van der Waals surface area contributed by atoms with Crippen LogP contribution >= 0.6 is 0 Å². The Morgan fingerprint density at radius 1 is 1.18 bits per heavy atom. The van der Waals surface area contributed by atoms with Crippen LogP contribution in [-0.2, 0) is 11.3 Å². The number of fused-ring (bicyclic) bond motifs is 1. The van der Waals surface area contributed by atoms with E-state index in [1.807, 2.05) is 55.4 Å². The normalized spacial score (nSPS) is 10.7. The zero-order chi connectivity index (χ0) is 27.8. The van der Waals surface area contributed by atoms with Gasteiger partial charge in [0.2, 0.25) is 11.9 Å². The summed E-state index contributed by atoms with van der Waals surface area (Å²) < 4.78 is 7.93. The molecule has 9 nitrogen and oxygen atoms in total. The largest absolute Gasteiger partial charge is 0.494 e. The van der Waals surface area contributed by atoms with Crippen LogP contribution in [0.4, 0.5) is 23.0 Å². The molecule has 0 unspecified atom stereocenters. The number of anilines is 4. The summed E-state index contributed by atoms with van der Waals surface area (Å²) in [5, 5.41) is 10.5. The first-order valence-corrected chi connectivity index (χ1v) is 12.8. The molecule has 2 heterocycles. The molecule has 0 radical (unpaired) electrons. The van der Waals surface area contributed by atoms with E-state index in [-0.39, 0.29) is 5.91 Å². The third-order valence-electron chi connectivity index (χ3n) is 6.41. The van der Waals surface area contributed by atoms with Gasteiger partial charge in [0, 0.05) is 61.6 Å². The molecule has 0 saturated heterocycles. The Morgan fingerprint density at radius 2 is 2.00 bits per heavy atom. The number of allylic oxidation sites excluding steroid dienone is 1. The van der Waals surface area contributed by atoms with Crippen molar-refractivity contribution in [2.75, 3.05) is 49.8 Å². The summed E-state index contributed by atoms with van der Waals surface area (Å²) >= 11 is 0. The molecule has 39 heavy (non-hydrogen) atoms. The zero-order valence-electron chi connectivity index (χ0n) is 22.7. The molecule has 4 aromatic rings. The zero-order valence-corrected chi connectivity index (χ0v) is 22.7. The van der Waals surface area contributed by atoms with E-state index in [4.69, 9.17) is 9.72 Å². The number of rotatable bonds is 13. The highest BCUT2D eigenvalue weighted by Crippen LogP contribution is 2.38. The lowest BCUT2D eigenvalue weighted by Gasteiger charge is -2.24. The Labute approximate surface area is 229 Å². The molecule has 0 aliphatic carbocycles. The summed E-state index contributed by atoms with van der Waals surface area (Å²) in [6.45, 7) is 9.78. The fourth-order valence-corrected chi connectivity index (χ4v) is 4.39. The summed E-state index contributed by atoms with van der Waals surface area (Å²) in [5.41, 5.74) is 5.00. The molecule has 9 heteroatoms. The fourth-order valence-electron chi connectivity index (χ4n) is 4.39. The van der Waals surface area contributed by atoms with Gasteiger partial charge in [0.05, 0.1) is 29.9 Å². The average Bonchev–Trinajstić information content (AvgIpc) is 3.33. The van der Waals surface area contributed by atoms with Gasteiger partial charge in [0.25, 0.3) is 0 Å². The van der Waals surface area contributed by atoms with Crippen LogP contribution < -0.4 is 25.6 Å². The van der Waals surface area contributed by atoms with Crippen molar-refractivity contribution in [1.82, 2.24) is 19.9 Å². The van der Waals surface area contributed by atoms with Gasteiger partial charge in [-0.2, -0.15) is 0 Å². The number of ether oxygens (including phenoxy) is 1. The molecule has 0 atom stereocenters. The predicted octanol–water partition coefficient (Wildman–Crippen LogP) is 5.21. The van der Waals surface area contributed by atoms with Crippen LogP contribution in [0.2, 0.25) is 0 Å². The Balaban J connectivity index is 1.71. The highest BCUT2D eigenvalue weighted by atomic mass is 16.5. The maximum absolute atomic E-state index is 12.2. The van der Waals surface area contributed by atoms with E-state index in [1.165, 1.54) is 6.08 Å². The van der Waals surface area contributed by atoms with E-state index >= 15 is 0 Å². The number of carbonyl (C=O) groups excluding carboxylic acids is 1. The lowest BCUT2D eigenvalue weighted by atomic mass is 10.1. The number of nitrogens with one attached hydrogen (secondary N) is 3. The molecule has 0 fully saturated rings. The Morgan fingerprint density at radius 3 is 2.74 bits per heavy atom. The average molecular weight is 526 g/mol. The van der Waals surface area contributed by atoms with Gasteiger partial charge >= 0.3 is 0 Å². The second-order valence-electron chi connectivity index (χ2n) is 9.01. The van der Waals surface area contributed by atoms with Crippen LogP contribution in [0.3, 0.4) is 0 Å². The van der Waals surface area contributed by atoms with Crippen LogP contribution in [0.15, 0.2) is 80.2 Å². The van der Waals surface area contributed by atoms with Crippen molar-refractivity contribution in [3.8, 4) is 17.0 Å². The number of hydrogen-bond acceptors (Lipinski definition) is 7. The number of aromatic nitrogens is 3. The van der Waals surface area contributed by atoms with E-state index in [9.17, 15) is 4.79 Å². The molecule has 2 aromatic heterocycles. The number of amides is 1. The van der Waals surface area contributed by atoms with Gasteiger partial charge in [-0.25, -0.2) is 9.97 Å². The SMILES string of the molecule is C=CCCn1cc(-c2ccnc(Nc3cc(NC(=O)C=C)c(N(C)CCNC)cc3OC)n2)c2ccccc21. The van der Waals surface area contributed by atoms with E-state index in [0.717, 1.165) is 53.9 Å². The third-order valence-corrected chi connectivity index (χ3v) is 6.41. The van der Waals surface area contributed by atoms with Crippen molar-refractivity contribution in [3.63, 3.8) is 0 Å². The quantitative estimate of drug-likeness (QED) is 0.163. The van der Waals surface area contributed by atoms with Crippen LogP contribution in [-0.4, -0.2) is 54.7 Å². The molecule has 0 bridgehead atoms. The molecule has 0 spiro atoms. The van der Waals surface area contributed by atoms with Gasteiger partial charge < -0.3 is 30.2 Å². The number of carbonyl (C=O) groups is 1. The number of para-hydroxylation sites is 1. The van der Waals surface area contributed by atoms with Crippen LogP contribution in [0.5, 0.6) is 5.75 Å². The summed E-state index contributed by atoms with van der Waals surface area (Å²) in [6.07, 6.45) is 7.89. The first-order valence-electron chi connectivity index (χ1n) is 12.8. The minimum absolute atomic E-state index is 0.305. The second kappa shape index (κ2) is 12.7. The number of likely N-dealkylation sites (N-methyl/N-ethyl adjacent to an activating group) is 2. The molecule has 4 rings (SSSR count). The van der Waals surface area contributed by atoms with Crippen molar-refractivity contribution in [2.45, 2.75) is 13.0 Å². The van der Waals surface area contributed by atoms with Crippen molar-refractivity contribution < 1.29 is 9.53 Å². The number of nitrogens with zero attached hydrogens (tertiary/aromatic N) is 4. The number of aryl methyl sites for hydroxylation is 1. The molecule has 2 aromatic carbocycles. The maximum Gasteiger partial charge on any atom is 0.247 e. The summed E-state index contributed by atoms with van der Waals surface area (Å²) in [4.78, 5) is 23.6. The van der Waals surface area contributed by atoms with Crippen molar-refractivity contribution in [1.29, 1.82) is 0 Å². The van der Waals surface area contributed by atoms with Gasteiger partial charge in [-0.15, -0.1) is 6.58 Å². The van der Waals surface area contributed by atoms with Crippen molar-refractivity contribution >= 4 is 39.8 Å². The van der Waals surface area contributed by atoms with Gasteiger partial charge in [-0.05, 0) is 37.7 Å². The number of methoxy groups -OCH3 is 1. The maximum atomic E-state index is 12.2. The number of benzene rings is 2. The second-order valence-corrected chi connectivity index (χ2v) is 9.01. The Hall–Kier alpha value is -4.63. The smallest absolute Gasteiger partial charge is 0.247 e. The van der Waals surface area contributed by atoms with Crippen molar-refractivity contribution in [3.05, 3.63) is 80.2 Å². The highest BCUT2D eigenvalue weighted by Gasteiger charge is 2.17. The minimum atomic E-state index is -0.305. The van der Waals surface area contributed by atoms with E-state index in [2.05, 4.69) is 57.0 Å². The van der Waals surface area contributed by atoms with Gasteiger partial charge in [0.15, 0.2) is 0 Å². The minimum Gasteiger partial charge on any atom is -0.494 e. The predicted molar refractivity (Wildman–Crippen MR) is 160 cm³/mol. The first kappa shape index (κ1) is 27.4. The summed E-state index contributed by atoms with van der Waals surface area (Å²) in [6, 6.07) is 13.9.